The van der Waals surface area contributed by atoms with Crippen LogP contribution >= 0.6 is 0 Å². The van der Waals surface area contributed by atoms with Gasteiger partial charge in [0.15, 0.2) is 0 Å². The summed E-state index contributed by atoms with van der Waals surface area (Å²) in [5.74, 6) is 0.0651. The minimum atomic E-state index is -0.655. The molecule has 2 fully saturated rings. The number of benzene rings is 1. The Hall–Kier alpha value is -2.69. The first-order valence-electron chi connectivity index (χ1n) is 9.65. The molecule has 2 aliphatic rings. The first kappa shape index (κ1) is 17.7. The van der Waals surface area contributed by atoms with E-state index < -0.39 is 5.41 Å². The molecule has 4 rings (SSSR count). The number of nitrogens with two attached hydrogens (primary N) is 1. The van der Waals surface area contributed by atoms with Gasteiger partial charge in [0.1, 0.15) is 0 Å². The van der Waals surface area contributed by atoms with Gasteiger partial charge in [0.25, 0.3) is 0 Å². The zero-order valence-corrected chi connectivity index (χ0v) is 15.4. The number of hydrogen-bond acceptors (Lipinski definition) is 3. The van der Waals surface area contributed by atoms with Crippen LogP contribution in [0.4, 0.5) is 0 Å². The molecule has 2 aromatic rings. The van der Waals surface area contributed by atoms with E-state index in [0.717, 1.165) is 36.0 Å². The highest BCUT2D eigenvalue weighted by Crippen LogP contribution is 2.37. The van der Waals surface area contributed by atoms with E-state index in [0.29, 0.717) is 25.9 Å². The SMILES string of the molecule is NC(=O)C1(Cc2ccc(-c3ccncc3)cc2)CCN(C(=O)C2CCC2)C1. The molecule has 0 bridgehead atoms. The molecule has 5 nitrogen and oxygen atoms in total. The summed E-state index contributed by atoms with van der Waals surface area (Å²) >= 11 is 0. The maximum Gasteiger partial charge on any atom is 0.225 e. The smallest absolute Gasteiger partial charge is 0.225 e. The van der Waals surface area contributed by atoms with E-state index in [1.165, 1.54) is 0 Å². The molecule has 1 aliphatic carbocycles. The number of likely N-dealkylation sites (tertiary alicyclic amines) is 1. The maximum absolute atomic E-state index is 12.6. The van der Waals surface area contributed by atoms with Crippen molar-refractivity contribution >= 4 is 11.8 Å². The standard InChI is InChI=1S/C22H25N3O2/c23-21(27)22(10-13-25(15-22)20(26)19-2-1-3-19)14-16-4-6-17(7-5-16)18-8-11-24-12-9-18/h4-9,11-12,19H,1-3,10,13-15H2,(H2,23,27). The number of aromatic nitrogens is 1. The van der Waals surface area contributed by atoms with Gasteiger partial charge in [-0.1, -0.05) is 30.7 Å². The third-order valence-corrected chi connectivity index (χ3v) is 6.15. The van der Waals surface area contributed by atoms with Gasteiger partial charge in [-0.05, 0) is 54.5 Å². The van der Waals surface area contributed by atoms with Gasteiger partial charge in [-0.2, -0.15) is 0 Å². The van der Waals surface area contributed by atoms with E-state index in [9.17, 15) is 9.59 Å². The van der Waals surface area contributed by atoms with Gasteiger partial charge in [-0.15, -0.1) is 0 Å². The molecule has 2 N–H and O–H groups in total. The van der Waals surface area contributed by atoms with Crippen molar-refractivity contribution in [3.05, 3.63) is 54.4 Å². The third-order valence-electron chi connectivity index (χ3n) is 6.15. The number of nitrogens with zero attached hydrogens (tertiary/aromatic N) is 2. The minimum Gasteiger partial charge on any atom is -0.369 e. The van der Waals surface area contributed by atoms with Gasteiger partial charge in [0.05, 0.1) is 5.41 Å². The maximum atomic E-state index is 12.6. The largest absolute Gasteiger partial charge is 0.369 e. The molecule has 1 atom stereocenters. The molecular formula is C22H25N3O2. The van der Waals surface area contributed by atoms with Crippen LogP contribution in [-0.4, -0.2) is 34.8 Å². The van der Waals surface area contributed by atoms with Crippen molar-refractivity contribution in [1.29, 1.82) is 0 Å². The monoisotopic (exact) mass is 363 g/mol. The number of carbonyl (C=O) groups is 2. The molecule has 1 saturated carbocycles. The van der Waals surface area contributed by atoms with Crippen LogP contribution in [0.2, 0.25) is 0 Å². The molecule has 1 saturated heterocycles. The van der Waals surface area contributed by atoms with Crippen molar-refractivity contribution in [3.8, 4) is 11.1 Å². The van der Waals surface area contributed by atoms with Crippen LogP contribution in [0.25, 0.3) is 11.1 Å². The van der Waals surface area contributed by atoms with E-state index in [2.05, 4.69) is 29.2 Å². The van der Waals surface area contributed by atoms with Crippen LogP contribution in [0.5, 0.6) is 0 Å². The Bertz CT molecular complexity index is 830. The van der Waals surface area contributed by atoms with Gasteiger partial charge in [0.2, 0.25) is 11.8 Å². The van der Waals surface area contributed by atoms with Crippen LogP contribution < -0.4 is 5.73 Å². The zero-order valence-electron chi connectivity index (χ0n) is 15.4. The van der Waals surface area contributed by atoms with Crippen LogP contribution in [0, 0.1) is 11.3 Å². The Morgan fingerprint density at radius 2 is 1.74 bits per heavy atom. The van der Waals surface area contributed by atoms with Crippen LogP contribution in [0.3, 0.4) is 0 Å². The second-order valence-electron chi connectivity index (χ2n) is 7.89. The van der Waals surface area contributed by atoms with Gasteiger partial charge in [-0.25, -0.2) is 0 Å². The highest BCUT2D eigenvalue weighted by molar-refractivity contribution is 5.85. The Labute approximate surface area is 159 Å². The fraction of sp³-hybridized carbons (Fsp3) is 0.409. The fourth-order valence-corrected chi connectivity index (χ4v) is 4.16. The van der Waals surface area contributed by atoms with E-state index in [4.69, 9.17) is 5.73 Å². The van der Waals surface area contributed by atoms with E-state index in [-0.39, 0.29) is 17.7 Å². The van der Waals surface area contributed by atoms with Gasteiger partial charge < -0.3 is 10.6 Å². The Balaban J connectivity index is 1.49. The van der Waals surface area contributed by atoms with Crippen LogP contribution in [0.15, 0.2) is 48.8 Å². The van der Waals surface area contributed by atoms with Gasteiger partial charge in [0, 0.05) is 31.4 Å². The number of primary amides is 1. The minimum absolute atomic E-state index is 0.160. The normalized spacial score (nSPS) is 22.4. The topological polar surface area (TPSA) is 76.3 Å². The quantitative estimate of drug-likeness (QED) is 0.887. The van der Waals surface area contributed by atoms with Crippen molar-refractivity contribution in [2.24, 2.45) is 17.1 Å². The van der Waals surface area contributed by atoms with E-state index in [1.807, 2.05) is 17.0 Å². The Kier molecular flexibility index (Phi) is 4.68. The predicted molar refractivity (Wildman–Crippen MR) is 104 cm³/mol. The summed E-state index contributed by atoms with van der Waals surface area (Å²) in [4.78, 5) is 30.8. The predicted octanol–water partition coefficient (Wildman–Crippen LogP) is 2.80. The molecule has 0 spiro atoms. The fourth-order valence-electron chi connectivity index (χ4n) is 4.16. The summed E-state index contributed by atoms with van der Waals surface area (Å²) in [7, 11) is 0. The summed E-state index contributed by atoms with van der Waals surface area (Å²) in [5, 5.41) is 0. The van der Waals surface area contributed by atoms with Crippen molar-refractivity contribution in [1.82, 2.24) is 9.88 Å². The van der Waals surface area contributed by atoms with Crippen molar-refractivity contribution in [3.63, 3.8) is 0 Å². The molecule has 2 heterocycles. The Morgan fingerprint density at radius 1 is 1.07 bits per heavy atom. The van der Waals surface area contributed by atoms with Gasteiger partial charge in [-0.3, -0.25) is 14.6 Å². The molecule has 1 aromatic carbocycles. The first-order chi connectivity index (χ1) is 13.1. The molecule has 0 radical (unpaired) electrons. The zero-order chi connectivity index (χ0) is 18.9. The van der Waals surface area contributed by atoms with Crippen molar-refractivity contribution < 1.29 is 9.59 Å². The number of rotatable bonds is 5. The third kappa shape index (κ3) is 3.46. The molecule has 5 heteroatoms. The van der Waals surface area contributed by atoms with E-state index >= 15 is 0 Å². The molecule has 1 aliphatic heterocycles. The van der Waals surface area contributed by atoms with Crippen molar-refractivity contribution in [2.45, 2.75) is 32.1 Å². The molecule has 2 amide bonds. The summed E-state index contributed by atoms with van der Waals surface area (Å²) in [5.41, 5.74) is 8.45. The van der Waals surface area contributed by atoms with E-state index in [1.54, 1.807) is 12.4 Å². The average molecular weight is 363 g/mol. The number of pyridine rings is 1. The lowest BCUT2D eigenvalue weighted by Crippen LogP contribution is -2.44. The number of amides is 2. The molecule has 140 valence electrons. The highest BCUT2D eigenvalue weighted by Gasteiger charge is 2.46. The lowest BCUT2D eigenvalue weighted by atomic mass is 9.79. The van der Waals surface area contributed by atoms with Crippen LogP contribution in [0.1, 0.15) is 31.2 Å². The van der Waals surface area contributed by atoms with Crippen molar-refractivity contribution in [2.75, 3.05) is 13.1 Å². The highest BCUT2D eigenvalue weighted by atomic mass is 16.2. The molecule has 1 unspecified atom stereocenters. The number of carbonyl (C=O) groups excluding carboxylic acids is 2. The van der Waals surface area contributed by atoms with Gasteiger partial charge >= 0.3 is 0 Å². The number of hydrogen-bond donors (Lipinski definition) is 1. The average Bonchev–Trinajstić information content (AvgIpc) is 3.07. The Morgan fingerprint density at radius 3 is 2.33 bits per heavy atom. The lowest BCUT2D eigenvalue weighted by molar-refractivity contribution is -0.138. The summed E-state index contributed by atoms with van der Waals surface area (Å²) in [6, 6.07) is 12.2. The second kappa shape index (κ2) is 7.14. The summed E-state index contributed by atoms with van der Waals surface area (Å²) in [6.45, 7) is 1.08. The first-order valence-corrected chi connectivity index (χ1v) is 9.65. The molecular weight excluding hydrogens is 338 g/mol. The molecule has 27 heavy (non-hydrogen) atoms. The molecule has 1 aromatic heterocycles. The summed E-state index contributed by atoms with van der Waals surface area (Å²) in [6.07, 6.45) is 7.87. The summed E-state index contributed by atoms with van der Waals surface area (Å²) < 4.78 is 0. The lowest BCUT2D eigenvalue weighted by Gasteiger charge is -2.31. The van der Waals surface area contributed by atoms with Crippen LogP contribution in [-0.2, 0) is 16.0 Å². The second-order valence-corrected chi connectivity index (χ2v) is 7.89.